The van der Waals surface area contributed by atoms with Gasteiger partial charge in [0.1, 0.15) is 18.0 Å². The van der Waals surface area contributed by atoms with E-state index >= 15 is 0 Å². The average molecular weight is 683 g/mol. The molecule has 0 amide bonds. The monoisotopic (exact) mass is 682 g/mol. The fourth-order valence-electron chi connectivity index (χ4n) is 5.49. The third kappa shape index (κ3) is 9.43. The number of nitrogens with zero attached hydrogens (tertiary/aromatic N) is 5. The molecule has 4 aromatic rings. The van der Waals surface area contributed by atoms with Gasteiger partial charge in [-0.1, -0.05) is 29.3 Å². The van der Waals surface area contributed by atoms with Gasteiger partial charge < -0.3 is 28.9 Å². The van der Waals surface area contributed by atoms with Crippen LogP contribution in [0.3, 0.4) is 0 Å². The molecule has 1 aliphatic heterocycles. The number of alkyl halides is 1. The quantitative estimate of drug-likeness (QED) is 0.0803. The summed E-state index contributed by atoms with van der Waals surface area (Å²) in [6.07, 6.45) is 10.5. The largest absolute Gasteiger partial charge is 0.475 e. The van der Waals surface area contributed by atoms with Crippen LogP contribution in [0.5, 0.6) is 5.88 Å². The van der Waals surface area contributed by atoms with Gasteiger partial charge in [-0.3, -0.25) is 4.79 Å². The molecule has 2 atom stereocenters. The van der Waals surface area contributed by atoms with Crippen LogP contribution in [0.2, 0.25) is 0 Å². The van der Waals surface area contributed by atoms with Crippen molar-refractivity contribution in [2.24, 2.45) is 0 Å². The first kappa shape index (κ1) is 37.7. The van der Waals surface area contributed by atoms with Crippen molar-refractivity contribution >= 4 is 49.4 Å². The number of ether oxygens (including phenoxy) is 2. The number of carbonyl (C=O) groups excluding carboxylic acids is 1. The first-order valence-corrected chi connectivity index (χ1v) is 17.4. The minimum Gasteiger partial charge on any atom is -0.475 e. The highest BCUT2D eigenvalue weighted by Crippen LogP contribution is 2.30. The molecule has 0 bridgehead atoms. The SMILES string of the molecule is CC.CCOC(=O)c1cn(-c2ccc(N(C)C)nc2)c2cc(N3CCCC3COc3ncccc3CCCNP)ccc2c1=O.CCl. The van der Waals surface area contributed by atoms with Crippen molar-refractivity contribution in [1.29, 1.82) is 0 Å². The fraction of sp³-hybridized carbons (Fsp3) is 0.429. The van der Waals surface area contributed by atoms with E-state index in [1.807, 2.05) is 67.7 Å². The number of benzene rings is 1. The predicted molar refractivity (Wildman–Crippen MR) is 197 cm³/mol. The van der Waals surface area contributed by atoms with Crippen molar-refractivity contribution in [1.82, 2.24) is 19.6 Å². The molecule has 12 heteroatoms. The Morgan fingerprint density at radius 2 is 1.89 bits per heavy atom. The van der Waals surface area contributed by atoms with E-state index in [9.17, 15) is 9.59 Å². The van der Waals surface area contributed by atoms with Crippen molar-refractivity contribution < 1.29 is 14.3 Å². The maximum Gasteiger partial charge on any atom is 0.343 e. The summed E-state index contributed by atoms with van der Waals surface area (Å²) in [5.74, 6) is 0.851. The van der Waals surface area contributed by atoms with Crippen molar-refractivity contribution in [2.45, 2.75) is 52.5 Å². The van der Waals surface area contributed by atoms with Crippen LogP contribution in [-0.4, -0.2) is 73.3 Å². The number of pyridine rings is 3. The molecular weight excluding hydrogens is 635 g/mol. The number of aryl methyl sites for hydroxylation is 1. The maximum atomic E-state index is 13.5. The van der Waals surface area contributed by atoms with Crippen molar-refractivity contribution in [3.63, 3.8) is 0 Å². The number of fused-ring (bicyclic) bond motifs is 1. The van der Waals surface area contributed by atoms with Gasteiger partial charge in [0.05, 0.1) is 30.0 Å². The minimum absolute atomic E-state index is 0.00845. The van der Waals surface area contributed by atoms with E-state index in [1.54, 1.807) is 31.6 Å². The van der Waals surface area contributed by atoms with Crippen LogP contribution in [0, 0.1) is 0 Å². The van der Waals surface area contributed by atoms with Crippen LogP contribution >= 0.6 is 21.0 Å². The highest BCUT2D eigenvalue weighted by Gasteiger charge is 2.27. The Bertz CT molecular complexity index is 1630. The first-order chi connectivity index (χ1) is 22.9. The third-order valence-electron chi connectivity index (χ3n) is 7.69. The van der Waals surface area contributed by atoms with Gasteiger partial charge in [-0.05, 0) is 75.5 Å². The normalized spacial score (nSPS) is 13.7. The van der Waals surface area contributed by atoms with Gasteiger partial charge in [0.25, 0.3) is 0 Å². The van der Waals surface area contributed by atoms with Crippen LogP contribution in [-0.2, 0) is 11.2 Å². The summed E-state index contributed by atoms with van der Waals surface area (Å²) in [6, 6.07) is 13.8. The smallest absolute Gasteiger partial charge is 0.343 e. The summed E-state index contributed by atoms with van der Waals surface area (Å²) in [4.78, 5) is 39.6. The van der Waals surface area contributed by atoms with Gasteiger partial charge >= 0.3 is 5.97 Å². The number of aromatic nitrogens is 3. The maximum absolute atomic E-state index is 13.5. The molecule has 5 rings (SSSR count). The zero-order valence-corrected chi connectivity index (χ0v) is 30.2. The summed E-state index contributed by atoms with van der Waals surface area (Å²) < 4.78 is 13.4. The summed E-state index contributed by atoms with van der Waals surface area (Å²) >= 11 is 4.64. The third-order valence-corrected chi connectivity index (χ3v) is 7.98. The molecule has 0 radical (unpaired) electrons. The Kier molecular flexibility index (Phi) is 15.4. The van der Waals surface area contributed by atoms with E-state index in [-0.39, 0.29) is 23.6 Å². The molecule has 47 heavy (non-hydrogen) atoms. The second-order valence-electron chi connectivity index (χ2n) is 10.8. The lowest BCUT2D eigenvalue weighted by Crippen LogP contribution is -2.34. The van der Waals surface area contributed by atoms with Gasteiger partial charge in [0.15, 0.2) is 0 Å². The lowest BCUT2D eigenvalue weighted by molar-refractivity contribution is 0.0524. The van der Waals surface area contributed by atoms with Gasteiger partial charge in [0, 0.05) is 56.1 Å². The van der Waals surface area contributed by atoms with Gasteiger partial charge in [-0.2, -0.15) is 0 Å². The Hall–Kier alpha value is -3.72. The summed E-state index contributed by atoms with van der Waals surface area (Å²) in [6.45, 7) is 8.19. The van der Waals surface area contributed by atoms with Crippen molar-refractivity contribution in [2.75, 3.05) is 56.6 Å². The predicted octanol–water partition coefficient (Wildman–Crippen LogP) is 6.26. The van der Waals surface area contributed by atoms with E-state index < -0.39 is 5.97 Å². The van der Waals surface area contributed by atoms with Crippen LogP contribution in [0.25, 0.3) is 16.6 Å². The molecule has 0 spiro atoms. The number of esters is 1. The molecule has 254 valence electrons. The topological polar surface area (TPSA) is 102 Å². The lowest BCUT2D eigenvalue weighted by Gasteiger charge is -2.27. The first-order valence-electron chi connectivity index (χ1n) is 16.1. The molecule has 1 N–H and O–H groups in total. The number of carbonyl (C=O) groups is 1. The number of halogens is 1. The molecule has 10 nitrogen and oxygen atoms in total. The second-order valence-corrected chi connectivity index (χ2v) is 11.2. The number of nitrogens with one attached hydrogen (secondary N) is 1. The molecule has 1 aliphatic rings. The Morgan fingerprint density at radius 3 is 2.57 bits per heavy atom. The number of hydrogen-bond acceptors (Lipinski definition) is 9. The van der Waals surface area contributed by atoms with E-state index in [2.05, 4.69) is 47.0 Å². The fourth-order valence-corrected chi connectivity index (χ4v) is 5.70. The molecule has 0 saturated carbocycles. The highest BCUT2D eigenvalue weighted by atomic mass is 35.5. The Labute approximate surface area is 285 Å². The van der Waals surface area contributed by atoms with Gasteiger partial charge in [0.2, 0.25) is 11.3 Å². The van der Waals surface area contributed by atoms with E-state index in [4.69, 9.17) is 9.47 Å². The van der Waals surface area contributed by atoms with E-state index in [1.165, 1.54) is 6.38 Å². The zero-order chi connectivity index (χ0) is 34.3. The van der Waals surface area contributed by atoms with Crippen LogP contribution in [0.1, 0.15) is 56.0 Å². The minimum atomic E-state index is -0.638. The van der Waals surface area contributed by atoms with Crippen LogP contribution in [0.4, 0.5) is 11.5 Å². The molecule has 1 aromatic carbocycles. The lowest BCUT2D eigenvalue weighted by atomic mass is 10.1. The molecule has 2 unspecified atom stereocenters. The summed E-state index contributed by atoms with van der Waals surface area (Å²) in [5.41, 5.74) is 3.16. The average Bonchev–Trinajstić information content (AvgIpc) is 3.58. The van der Waals surface area contributed by atoms with Gasteiger partial charge in [-0.25, -0.2) is 14.8 Å². The number of anilines is 2. The van der Waals surface area contributed by atoms with Crippen molar-refractivity contribution in [3.05, 3.63) is 82.4 Å². The number of rotatable bonds is 12. The van der Waals surface area contributed by atoms with Gasteiger partial charge in [-0.15, -0.1) is 11.6 Å². The Morgan fingerprint density at radius 1 is 1.13 bits per heavy atom. The van der Waals surface area contributed by atoms with Crippen LogP contribution < -0.4 is 25.1 Å². The molecule has 1 fully saturated rings. The number of hydrogen-bond donors (Lipinski definition) is 1. The van der Waals surface area contributed by atoms with Crippen LogP contribution in [0.15, 0.2) is 65.8 Å². The van der Waals surface area contributed by atoms with Crippen molar-refractivity contribution in [3.8, 4) is 11.6 Å². The summed E-state index contributed by atoms with van der Waals surface area (Å²) in [5, 5.41) is 3.55. The molecular formula is C35H48ClN6O4P. The second kappa shape index (κ2) is 19.2. The molecule has 1 saturated heterocycles. The zero-order valence-electron chi connectivity index (χ0n) is 28.3. The Balaban J connectivity index is 0.00000144. The molecule has 4 heterocycles. The summed E-state index contributed by atoms with van der Waals surface area (Å²) in [7, 11) is 6.39. The van der Waals surface area contributed by atoms with E-state index in [0.29, 0.717) is 23.4 Å². The van der Waals surface area contributed by atoms with E-state index in [0.717, 1.165) is 61.5 Å². The highest BCUT2D eigenvalue weighted by molar-refractivity contribution is 7.13. The molecule has 0 aliphatic carbocycles. The standard InChI is InChI=1S/C32H39N6O4P.C2H6.CH3Cl/c1-4-41-32(40)27-20-38(24-12-14-29(34-19-24)36(2)3)28-18-23(11-13-26(28)30(27)39)37-17-7-10-25(37)21-42-31-22(8-5-15-33-31)9-6-16-35-43;2*1-2/h5,8,11-15,18-20,25,35H,4,6-7,9-10,16-17,21,43H2,1-3H3;1-2H3;1H3. The molecule has 3 aromatic heterocycles.